The third kappa shape index (κ3) is 4.52. The number of methoxy groups -OCH3 is 1. The Labute approximate surface area is 107 Å². The molecular formula is C10H20N2O5S. The maximum absolute atomic E-state index is 11.9. The lowest BCUT2D eigenvalue weighted by Gasteiger charge is -2.29. The van der Waals surface area contributed by atoms with E-state index >= 15 is 0 Å². The molecule has 1 rings (SSSR count). The fourth-order valence-corrected chi connectivity index (χ4v) is 3.13. The van der Waals surface area contributed by atoms with E-state index in [1.54, 1.807) is 7.11 Å². The Balaban J connectivity index is 2.38. The van der Waals surface area contributed by atoms with E-state index in [-0.39, 0.29) is 13.1 Å². The van der Waals surface area contributed by atoms with E-state index in [9.17, 15) is 13.2 Å². The maximum atomic E-state index is 11.9. The molecule has 1 aliphatic heterocycles. The smallest absolute Gasteiger partial charge is 0.306 e. The van der Waals surface area contributed by atoms with Crippen LogP contribution in [-0.2, 0) is 19.7 Å². The van der Waals surface area contributed by atoms with Crippen LogP contribution in [0, 0.1) is 5.92 Å². The minimum Gasteiger partial charge on any atom is -0.481 e. The number of hydrogen-bond donors (Lipinski definition) is 2. The van der Waals surface area contributed by atoms with Crippen molar-refractivity contribution in [2.75, 3.05) is 33.4 Å². The van der Waals surface area contributed by atoms with Gasteiger partial charge in [-0.05, 0) is 19.3 Å². The number of aliphatic carboxylic acids is 1. The summed E-state index contributed by atoms with van der Waals surface area (Å²) in [5.41, 5.74) is 0. The minimum atomic E-state index is -3.48. The fourth-order valence-electron chi connectivity index (χ4n) is 1.85. The second kappa shape index (κ2) is 7.03. The number of nitrogens with one attached hydrogen (secondary N) is 1. The number of rotatable bonds is 7. The van der Waals surface area contributed by atoms with Crippen LogP contribution in [0.1, 0.15) is 19.3 Å². The molecule has 1 saturated heterocycles. The fraction of sp³-hybridized carbons (Fsp3) is 0.900. The Bertz CT molecular complexity index is 362. The van der Waals surface area contributed by atoms with Crippen LogP contribution in [0.5, 0.6) is 0 Å². The maximum Gasteiger partial charge on any atom is 0.306 e. The summed E-state index contributed by atoms with van der Waals surface area (Å²) >= 11 is 0. The van der Waals surface area contributed by atoms with Gasteiger partial charge in [0.1, 0.15) is 0 Å². The first kappa shape index (κ1) is 15.4. The predicted molar refractivity (Wildman–Crippen MR) is 65.3 cm³/mol. The number of ether oxygens (including phenoxy) is 1. The third-order valence-corrected chi connectivity index (χ3v) is 4.57. The van der Waals surface area contributed by atoms with E-state index in [2.05, 4.69) is 4.72 Å². The van der Waals surface area contributed by atoms with Crippen LogP contribution in [0.2, 0.25) is 0 Å². The molecule has 0 aromatic rings. The SMILES string of the molecule is COCCCNS(=O)(=O)N1CCC(C(=O)O)CC1. The summed E-state index contributed by atoms with van der Waals surface area (Å²) in [4.78, 5) is 10.8. The summed E-state index contributed by atoms with van der Waals surface area (Å²) in [6, 6.07) is 0. The Kier molecular flexibility index (Phi) is 6.00. The van der Waals surface area contributed by atoms with E-state index in [0.717, 1.165) is 0 Å². The van der Waals surface area contributed by atoms with Gasteiger partial charge in [-0.3, -0.25) is 4.79 Å². The Morgan fingerprint density at radius 1 is 1.44 bits per heavy atom. The van der Waals surface area contributed by atoms with Crippen LogP contribution in [0.15, 0.2) is 0 Å². The Morgan fingerprint density at radius 2 is 2.06 bits per heavy atom. The first-order valence-corrected chi connectivity index (χ1v) is 7.38. The highest BCUT2D eigenvalue weighted by atomic mass is 32.2. The molecule has 1 fully saturated rings. The molecule has 0 aromatic carbocycles. The predicted octanol–water partition coefficient (Wildman–Crippen LogP) is -0.346. The van der Waals surface area contributed by atoms with Crippen molar-refractivity contribution in [3.05, 3.63) is 0 Å². The van der Waals surface area contributed by atoms with Crippen molar-refractivity contribution >= 4 is 16.2 Å². The molecule has 1 aliphatic rings. The van der Waals surface area contributed by atoms with Crippen molar-refractivity contribution in [2.45, 2.75) is 19.3 Å². The van der Waals surface area contributed by atoms with Crippen molar-refractivity contribution in [1.82, 2.24) is 9.03 Å². The summed E-state index contributed by atoms with van der Waals surface area (Å²) in [6.45, 7) is 1.35. The molecule has 0 spiro atoms. The van der Waals surface area contributed by atoms with Gasteiger partial charge in [-0.25, -0.2) is 4.72 Å². The highest BCUT2D eigenvalue weighted by Crippen LogP contribution is 2.18. The van der Waals surface area contributed by atoms with Crippen LogP contribution in [0.4, 0.5) is 0 Å². The number of carboxylic acid groups (broad SMARTS) is 1. The zero-order valence-electron chi connectivity index (χ0n) is 10.5. The van der Waals surface area contributed by atoms with Crippen molar-refractivity contribution in [3.8, 4) is 0 Å². The molecule has 0 bridgehead atoms. The minimum absolute atomic E-state index is 0.260. The van der Waals surface area contributed by atoms with Gasteiger partial charge in [0.2, 0.25) is 0 Å². The molecular weight excluding hydrogens is 260 g/mol. The third-order valence-electron chi connectivity index (χ3n) is 2.95. The lowest BCUT2D eigenvalue weighted by molar-refractivity contribution is -0.142. The monoisotopic (exact) mass is 280 g/mol. The molecule has 2 N–H and O–H groups in total. The molecule has 7 nitrogen and oxygen atoms in total. The number of nitrogens with zero attached hydrogens (tertiary/aromatic N) is 1. The van der Waals surface area contributed by atoms with Crippen LogP contribution >= 0.6 is 0 Å². The summed E-state index contributed by atoms with van der Waals surface area (Å²) in [7, 11) is -1.92. The van der Waals surface area contributed by atoms with Gasteiger partial charge in [-0.1, -0.05) is 0 Å². The standard InChI is InChI=1S/C10H20N2O5S/c1-17-8-2-5-11-18(15,16)12-6-3-9(4-7-12)10(13)14/h9,11H,2-8H2,1H3,(H,13,14). The summed E-state index contributed by atoms with van der Waals surface area (Å²) in [6.07, 6.45) is 1.35. The number of carbonyl (C=O) groups is 1. The molecule has 0 unspecified atom stereocenters. The molecule has 0 amide bonds. The molecule has 0 aliphatic carbocycles. The highest BCUT2D eigenvalue weighted by molar-refractivity contribution is 7.87. The molecule has 8 heteroatoms. The molecule has 106 valence electrons. The molecule has 0 radical (unpaired) electrons. The van der Waals surface area contributed by atoms with Crippen LogP contribution < -0.4 is 4.72 Å². The largest absolute Gasteiger partial charge is 0.481 e. The molecule has 1 heterocycles. The summed E-state index contributed by atoms with van der Waals surface area (Å²) in [5.74, 6) is -1.27. The number of piperidine rings is 1. The van der Waals surface area contributed by atoms with Gasteiger partial charge >= 0.3 is 5.97 Å². The number of carboxylic acids is 1. The van der Waals surface area contributed by atoms with E-state index in [1.807, 2.05) is 0 Å². The molecule has 18 heavy (non-hydrogen) atoms. The van der Waals surface area contributed by atoms with Gasteiger partial charge in [-0.2, -0.15) is 12.7 Å². The quantitative estimate of drug-likeness (QED) is 0.622. The first-order valence-electron chi connectivity index (χ1n) is 5.94. The topological polar surface area (TPSA) is 95.9 Å². The van der Waals surface area contributed by atoms with Gasteiger partial charge in [0.25, 0.3) is 10.2 Å². The van der Waals surface area contributed by atoms with Crippen LogP contribution in [0.25, 0.3) is 0 Å². The van der Waals surface area contributed by atoms with E-state index in [1.165, 1.54) is 4.31 Å². The van der Waals surface area contributed by atoms with Crippen LogP contribution in [0.3, 0.4) is 0 Å². The van der Waals surface area contributed by atoms with Crippen molar-refractivity contribution < 1.29 is 23.1 Å². The average molecular weight is 280 g/mol. The van der Waals surface area contributed by atoms with Gasteiger partial charge in [-0.15, -0.1) is 0 Å². The van der Waals surface area contributed by atoms with Crippen molar-refractivity contribution in [1.29, 1.82) is 0 Å². The zero-order chi connectivity index (χ0) is 13.6. The second-order valence-electron chi connectivity index (χ2n) is 4.26. The molecule has 0 atom stereocenters. The van der Waals surface area contributed by atoms with E-state index in [4.69, 9.17) is 9.84 Å². The lowest BCUT2D eigenvalue weighted by atomic mass is 9.99. The Morgan fingerprint density at radius 3 is 2.56 bits per heavy atom. The average Bonchev–Trinajstić information content (AvgIpc) is 2.35. The zero-order valence-corrected chi connectivity index (χ0v) is 11.3. The second-order valence-corrected chi connectivity index (χ2v) is 6.01. The van der Waals surface area contributed by atoms with Gasteiger partial charge < -0.3 is 9.84 Å². The van der Waals surface area contributed by atoms with Crippen molar-refractivity contribution in [3.63, 3.8) is 0 Å². The normalized spacial score (nSPS) is 18.9. The van der Waals surface area contributed by atoms with Crippen LogP contribution in [-0.4, -0.2) is 57.1 Å². The first-order chi connectivity index (χ1) is 8.47. The molecule has 0 aromatic heterocycles. The number of hydrogen-bond acceptors (Lipinski definition) is 4. The molecule has 0 saturated carbocycles. The van der Waals surface area contributed by atoms with E-state index < -0.39 is 22.1 Å². The Hall–Kier alpha value is -0.700. The highest BCUT2D eigenvalue weighted by Gasteiger charge is 2.30. The van der Waals surface area contributed by atoms with Gasteiger partial charge in [0, 0.05) is 33.4 Å². The van der Waals surface area contributed by atoms with Crippen molar-refractivity contribution in [2.24, 2.45) is 5.92 Å². The van der Waals surface area contributed by atoms with E-state index in [0.29, 0.717) is 32.4 Å². The summed E-state index contributed by atoms with van der Waals surface area (Å²) < 4.78 is 32.3. The van der Waals surface area contributed by atoms with Gasteiger partial charge in [0.05, 0.1) is 5.92 Å². The lowest BCUT2D eigenvalue weighted by Crippen LogP contribution is -2.46. The van der Waals surface area contributed by atoms with Gasteiger partial charge in [0.15, 0.2) is 0 Å². The summed E-state index contributed by atoms with van der Waals surface area (Å²) in [5, 5.41) is 8.83.